The molecule has 0 unspecified atom stereocenters. The van der Waals surface area contributed by atoms with E-state index in [2.05, 4.69) is 41.6 Å². The minimum atomic E-state index is -0.227. The molecule has 1 aliphatic carbocycles. The maximum absolute atomic E-state index is 12.2. The highest BCUT2D eigenvalue weighted by Crippen LogP contribution is 2.23. The van der Waals surface area contributed by atoms with Crippen LogP contribution in [-0.2, 0) is 11.3 Å². The first-order valence-electron chi connectivity index (χ1n) is 9.37. The molecule has 6 heteroatoms. The van der Waals surface area contributed by atoms with Crippen LogP contribution in [-0.4, -0.2) is 32.9 Å². The van der Waals surface area contributed by atoms with Crippen LogP contribution in [0.1, 0.15) is 48.1 Å². The monoisotopic (exact) mass is 387 g/mol. The van der Waals surface area contributed by atoms with Crippen LogP contribution in [0, 0.1) is 13.8 Å². The van der Waals surface area contributed by atoms with Gasteiger partial charge >= 0.3 is 0 Å². The maximum Gasteiger partial charge on any atom is 0.244 e. The Balaban J connectivity index is 1.64. The Morgan fingerprint density at radius 3 is 2.59 bits per heavy atom. The fourth-order valence-corrected chi connectivity index (χ4v) is 3.65. The zero-order valence-electron chi connectivity index (χ0n) is 15.8. The zero-order chi connectivity index (χ0) is 19.4. The lowest BCUT2D eigenvalue weighted by Crippen LogP contribution is -2.37. The number of carbonyl (C=O) groups excluding carboxylic acids is 1. The maximum atomic E-state index is 12.2. The van der Waals surface area contributed by atoms with Gasteiger partial charge in [0, 0.05) is 17.7 Å². The number of carbonyl (C=O) groups is 1. The summed E-state index contributed by atoms with van der Waals surface area (Å²) >= 11 is 6.49. The SMILES string of the molecule is Cc1ccc(Cn2nc(C)c(/C=C/C(=O)NC3CCC(O)CC3)c2Cl)cc1. The average molecular weight is 388 g/mol. The molecule has 5 nitrogen and oxygen atoms in total. The number of benzene rings is 1. The van der Waals surface area contributed by atoms with E-state index in [1.54, 1.807) is 10.8 Å². The smallest absolute Gasteiger partial charge is 0.244 e. The van der Waals surface area contributed by atoms with Crippen molar-refractivity contribution in [3.63, 3.8) is 0 Å². The third-order valence-corrected chi connectivity index (χ3v) is 5.41. The van der Waals surface area contributed by atoms with Gasteiger partial charge in [-0.2, -0.15) is 5.10 Å². The third kappa shape index (κ3) is 5.21. The topological polar surface area (TPSA) is 67.2 Å². The zero-order valence-corrected chi connectivity index (χ0v) is 16.5. The summed E-state index contributed by atoms with van der Waals surface area (Å²) in [6, 6.07) is 8.38. The van der Waals surface area contributed by atoms with Gasteiger partial charge in [-0.3, -0.25) is 4.79 Å². The fourth-order valence-electron chi connectivity index (χ4n) is 3.36. The highest BCUT2D eigenvalue weighted by Gasteiger charge is 2.20. The molecule has 1 amide bonds. The van der Waals surface area contributed by atoms with Gasteiger partial charge in [0.2, 0.25) is 5.91 Å². The van der Waals surface area contributed by atoms with Gasteiger partial charge < -0.3 is 10.4 Å². The van der Waals surface area contributed by atoms with Crippen molar-refractivity contribution in [3.05, 3.63) is 57.9 Å². The molecule has 2 aromatic rings. The lowest BCUT2D eigenvalue weighted by Gasteiger charge is -2.25. The quantitative estimate of drug-likeness (QED) is 0.770. The molecule has 1 aromatic heterocycles. The summed E-state index contributed by atoms with van der Waals surface area (Å²) in [6.07, 6.45) is 6.12. The number of halogens is 1. The Bertz CT molecular complexity index is 819. The Labute approximate surface area is 165 Å². The molecule has 0 saturated heterocycles. The normalized spacial score (nSPS) is 20.1. The number of aromatic nitrogens is 2. The molecule has 1 aromatic carbocycles. The van der Waals surface area contributed by atoms with Crippen molar-refractivity contribution >= 4 is 23.6 Å². The Morgan fingerprint density at radius 1 is 1.26 bits per heavy atom. The number of amides is 1. The van der Waals surface area contributed by atoms with E-state index in [1.165, 1.54) is 11.6 Å². The molecule has 0 aliphatic heterocycles. The molecule has 3 rings (SSSR count). The molecule has 144 valence electrons. The second kappa shape index (κ2) is 8.72. The molecule has 1 aliphatic rings. The van der Waals surface area contributed by atoms with Crippen LogP contribution in [0.4, 0.5) is 0 Å². The van der Waals surface area contributed by atoms with Crippen molar-refractivity contribution in [1.82, 2.24) is 15.1 Å². The molecule has 0 radical (unpaired) electrons. The molecular formula is C21H26ClN3O2. The van der Waals surface area contributed by atoms with E-state index in [0.29, 0.717) is 11.7 Å². The van der Waals surface area contributed by atoms with E-state index in [4.69, 9.17) is 11.6 Å². The largest absolute Gasteiger partial charge is 0.393 e. The average Bonchev–Trinajstić information content (AvgIpc) is 2.90. The molecular weight excluding hydrogens is 362 g/mol. The Kier molecular flexibility index (Phi) is 6.34. The number of aliphatic hydroxyl groups excluding tert-OH is 1. The van der Waals surface area contributed by atoms with E-state index in [0.717, 1.165) is 42.5 Å². The lowest BCUT2D eigenvalue weighted by molar-refractivity contribution is -0.117. The number of rotatable bonds is 5. The lowest BCUT2D eigenvalue weighted by atomic mass is 9.93. The Hall–Kier alpha value is -2.11. The molecule has 1 fully saturated rings. The van der Waals surface area contributed by atoms with E-state index >= 15 is 0 Å². The highest BCUT2D eigenvalue weighted by atomic mass is 35.5. The van der Waals surface area contributed by atoms with Crippen molar-refractivity contribution in [2.24, 2.45) is 0 Å². The number of aryl methyl sites for hydroxylation is 2. The predicted octanol–water partition coefficient (Wildman–Crippen LogP) is 3.63. The first-order chi connectivity index (χ1) is 12.9. The summed E-state index contributed by atoms with van der Waals surface area (Å²) in [5, 5.41) is 17.6. The van der Waals surface area contributed by atoms with Crippen molar-refractivity contribution in [2.45, 2.75) is 58.2 Å². The summed E-state index contributed by atoms with van der Waals surface area (Å²) in [5.41, 5.74) is 3.89. The first kappa shape index (κ1) is 19.6. The van der Waals surface area contributed by atoms with Crippen molar-refractivity contribution in [2.75, 3.05) is 0 Å². The molecule has 27 heavy (non-hydrogen) atoms. The molecule has 0 spiro atoms. The van der Waals surface area contributed by atoms with Gasteiger partial charge in [-0.1, -0.05) is 41.4 Å². The summed E-state index contributed by atoms with van der Waals surface area (Å²) in [7, 11) is 0. The van der Waals surface area contributed by atoms with Gasteiger partial charge in [-0.15, -0.1) is 0 Å². The first-order valence-corrected chi connectivity index (χ1v) is 9.75. The van der Waals surface area contributed by atoms with Gasteiger partial charge in [-0.05, 0) is 51.2 Å². The van der Waals surface area contributed by atoms with Gasteiger partial charge in [0.15, 0.2) is 0 Å². The second-order valence-electron chi connectivity index (χ2n) is 7.28. The van der Waals surface area contributed by atoms with E-state index in [9.17, 15) is 9.90 Å². The summed E-state index contributed by atoms with van der Waals surface area (Å²) in [5.74, 6) is -0.141. The number of hydrogen-bond acceptors (Lipinski definition) is 3. The summed E-state index contributed by atoms with van der Waals surface area (Å²) in [4.78, 5) is 12.2. The van der Waals surface area contributed by atoms with Crippen molar-refractivity contribution < 1.29 is 9.90 Å². The van der Waals surface area contributed by atoms with Crippen LogP contribution in [0.3, 0.4) is 0 Å². The highest BCUT2D eigenvalue weighted by molar-refractivity contribution is 6.31. The van der Waals surface area contributed by atoms with Crippen LogP contribution < -0.4 is 5.32 Å². The Morgan fingerprint density at radius 2 is 1.93 bits per heavy atom. The van der Waals surface area contributed by atoms with E-state index in [1.807, 2.05) is 6.92 Å². The number of hydrogen-bond donors (Lipinski definition) is 2. The summed E-state index contributed by atoms with van der Waals surface area (Å²) < 4.78 is 1.75. The molecule has 2 N–H and O–H groups in total. The van der Waals surface area contributed by atoms with Gasteiger partial charge in [0.25, 0.3) is 0 Å². The second-order valence-corrected chi connectivity index (χ2v) is 7.64. The van der Waals surface area contributed by atoms with Crippen LogP contribution in [0.25, 0.3) is 6.08 Å². The minimum Gasteiger partial charge on any atom is -0.393 e. The molecule has 0 bridgehead atoms. The van der Waals surface area contributed by atoms with E-state index in [-0.39, 0.29) is 18.1 Å². The van der Waals surface area contributed by atoms with Gasteiger partial charge in [0.1, 0.15) is 5.15 Å². The van der Waals surface area contributed by atoms with Gasteiger partial charge in [-0.25, -0.2) is 4.68 Å². The summed E-state index contributed by atoms with van der Waals surface area (Å²) in [6.45, 7) is 4.53. The molecule has 0 atom stereocenters. The van der Waals surface area contributed by atoms with Crippen LogP contribution in [0.2, 0.25) is 5.15 Å². The predicted molar refractivity (Wildman–Crippen MR) is 108 cm³/mol. The van der Waals surface area contributed by atoms with Gasteiger partial charge in [0.05, 0.1) is 18.3 Å². The minimum absolute atomic E-state index is 0.131. The number of aliphatic hydroxyl groups is 1. The number of nitrogens with one attached hydrogen (secondary N) is 1. The third-order valence-electron chi connectivity index (χ3n) is 5.01. The van der Waals surface area contributed by atoms with Crippen LogP contribution in [0.15, 0.2) is 30.3 Å². The van der Waals surface area contributed by atoms with Crippen molar-refractivity contribution in [3.8, 4) is 0 Å². The number of nitrogens with zero attached hydrogens (tertiary/aromatic N) is 2. The molecule has 1 saturated carbocycles. The van der Waals surface area contributed by atoms with Crippen LogP contribution >= 0.6 is 11.6 Å². The fraction of sp³-hybridized carbons (Fsp3) is 0.429. The van der Waals surface area contributed by atoms with Crippen molar-refractivity contribution in [1.29, 1.82) is 0 Å². The standard InChI is InChI=1S/C21H26ClN3O2/c1-14-3-5-16(6-4-14)13-25-21(22)19(15(2)24-25)11-12-20(27)23-17-7-9-18(26)10-8-17/h3-6,11-12,17-18,26H,7-10,13H2,1-2H3,(H,23,27)/b12-11+. The van der Waals surface area contributed by atoms with Crippen LogP contribution in [0.5, 0.6) is 0 Å². The molecule has 1 heterocycles. The van der Waals surface area contributed by atoms with E-state index < -0.39 is 0 Å².